The van der Waals surface area contributed by atoms with Gasteiger partial charge in [-0.15, -0.1) is 0 Å². The molecule has 9 heteroatoms. The van der Waals surface area contributed by atoms with Crippen molar-refractivity contribution in [1.82, 2.24) is 9.97 Å². The molecule has 1 aromatic carbocycles. The van der Waals surface area contributed by atoms with E-state index in [4.69, 9.17) is 9.47 Å². The van der Waals surface area contributed by atoms with E-state index in [1.807, 2.05) is 0 Å². The van der Waals surface area contributed by atoms with Crippen LogP contribution in [0.1, 0.15) is 44.9 Å². The first-order valence-electron chi connectivity index (χ1n) is 11.1. The van der Waals surface area contributed by atoms with E-state index in [9.17, 15) is 13.5 Å². The lowest BCUT2D eigenvalue weighted by atomic mass is 9.98. The maximum absolute atomic E-state index is 11.3. The summed E-state index contributed by atoms with van der Waals surface area (Å²) in [6.45, 7) is 1.63. The third-order valence-corrected chi connectivity index (χ3v) is 6.83. The molecule has 0 unspecified atom stereocenters. The summed E-state index contributed by atoms with van der Waals surface area (Å²) < 4.78 is 33.4. The van der Waals surface area contributed by atoms with Crippen LogP contribution in [0.5, 0.6) is 11.5 Å². The van der Waals surface area contributed by atoms with E-state index in [2.05, 4.69) is 14.9 Å². The van der Waals surface area contributed by atoms with Crippen molar-refractivity contribution in [1.29, 1.82) is 0 Å². The molecule has 0 bridgehead atoms. The van der Waals surface area contributed by atoms with Crippen LogP contribution in [0.25, 0.3) is 0 Å². The molecule has 176 valence electrons. The van der Waals surface area contributed by atoms with Gasteiger partial charge in [0.25, 0.3) is 0 Å². The van der Waals surface area contributed by atoms with Crippen molar-refractivity contribution < 1.29 is 23.0 Å². The number of piperidine rings is 1. The van der Waals surface area contributed by atoms with Gasteiger partial charge in [-0.1, -0.05) is 6.42 Å². The molecule has 1 aromatic heterocycles. The van der Waals surface area contributed by atoms with E-state index in [0.29, 0.717) is 22.7 Å². The van der Waals surface area contributed by atoms with Gasteiger partial charge in [-0.2, -0.15) is 0 Å². The van der Waals surface area contributed by atoms with E-state index in [1.54, 1.807) is 43.8 Å². The van der Waals surface area contributed by atoms with Crippen molar-refractivity contribution in [3.05, 3.63) is 36.7 Å². The number of benzene rings is 1. The third-order valence-electron chi connectivity index (χ3n) is 5.70. The van der Waals surface area contributed by atoms with E-state index in [0.717, 1.165) is 44.5 Å². The number of hydrogen-bond donors (Lipinski definition) is 1. The summed E-state index contributed by atoms with van der Waals surface area (Å²) in [7, 11) is -1.52. The first kappa shape index (κ1) is 24.3. The van der Waals surface area contributed by atoms with Crippen LogP contribution in [-0.4, -0.2) is 62.2 Å². The molecule has 1 aliphatic carbocycles. The monoisotopic (exact) mass is 463 g/mol. The Morgan fingerprint density at radius 3 is 2.06 bits per heavy atom. The Kier molecular flexibility index (Phi) is 8.69. The highest BCUT2D eigenvalue weighted by Gasteiger charge is 2.19. The zero-order valence-corrected chi connectivity index (χ0v) is 19.6. The molecule has 0 radical (unpaired) electrons. The molecule has 2 aromatic rings. The van der Waals surface area contributed by atoms with Crippen molar-refractivity contribution in [2.45, 2.75) is 62.0 Å². The van der Waals surface area contributed by atoms with Gasteiger partial charge >= 0.3 is 0 Å². The molecule has 0 amide bonds. The molecule has 1 saturated carbocycles. The Morgan fingerprint density at radius 1 is 0.938 bits per heavy atom. The zero-order chi connectivity index (χ0) is 23.0. The van der Waals surface area contributed by atoms with Gasteiger partial charge in [-0.3, -0.25) is 0 Å². The summed E-state index contributed by atoms with van der Waals surface area (Å²) in [5.74, 6) is 2.14. The van der Waals surface area contributed by atoms with Crippen LogP contribution in [0.3, 0.4) is 0 Å². The maximum Gasteiger partial charge on any atom is 0.225 e. The second-order valence-corrected chi connectivity index (χ2v) is 10.3. The SMILES string of the molecule is COc1cnc(N2CCC(O)CC2)nc1.CS(=O)(=O)c1ccc(OC2CCCCC2)cc1. The smallest absolute Gasteiger partial charge is 0.225 e. The molecule has 4 rings (SSSR count). The van der Waals surface area contributed by atoms with Crippen molar-refractivity contribution in [2.75, 3.05) is 31.4 Å². The van der Waals surface area contributed by atoms with Gasteiger partial charge in [-0.05, 0) is 62.8 Å². The average Bonchev–Trinajstić information content (AvgIpc) is 2.81. The largest absolute Gasteiger partial charge is 0.494 e. The number of nitrogens with zero attached hydrogens (tertiary/aromatic N) is 3. The molecule has 8 nitrogen and oxygen atoms in total. The van der Waals surface area contributed by atoms with Gasteiger partial charge in [0, 0.05) is 19.3 Å². The van der Waals surface area contributed by atoms with Gasteiger partial charge in [-0.25, -0.2) is 18.4 Å². The number of ether oxygens (including phenoxy) is 2. The van der Waals surface area contributed by atoms with Crippen LogP contribution in [0.2, 0.25) is 0 Å². The van der Waals surface area contributed by atoms with Crippen molar-refractivity contribution in [3.8, 4) is 11.5 Å². The molecule has 0 atom stereocenters. The number of aliphatic hydroxyl groups excluding tert-OH is 1. The molecule has 2 fully saturated rings. The van der Waals surface area contributed by atoms with Crippen molar-refractivity contribution >= 4 is 15.8 Å². The summed E-state index contributed by atoms with van der Waals surface area (Å²) in [6, 6.07) is 6.69. The normalized spacial score (nSPS) is 17.9. The topological polar surface area (TPSA) is 102 Å². The summed E-state index contributed by atoms with van der Waals surface area (Å²) in [6.07, 6.45) is 12.2. The molecule has 2 heterocycles. The Balaban J connectivity index is 0.000000182. The summed E-state index contributed by atoms with van der Waals surface area (Å²) in [5, 5.41) is 9.37. The summed E-state index contributed by atoms with van der Waals surface area (Å²) in [4.78, 5) is 10.8. The summed E-state index contributed by atoms with van der Waals surface area (Å²) in [5.41, 5.74) is 0. The highest BCUT2D eigenvalue weighted by Crippen LogP contribution is 2.24. The van der Waals surface area contributed by atoms with Crippen LogP contribution in [-0.2, 0) is 9.84 Å². The number of sulfone groups is 1. The van der Waals surface area contributed by atoms with Gasteiger partial charge in [0.2, 0.25) is 5.95 Å². The lowest BCUT2D eigenvalue weighted by Crippen LogP contribution is -2.36. The Bertz CT molecular complexity index is 921. The minimum Gasteiger partial charge on any atom is -0.494 e. The van der Waals surface area contributed by atoms with Crippen molar-refractivity contribution in [2.24, 2.45) is 0 Å². The quantitative estimate of drug-likeness (QED) is 0.721. The van der Waals surface area contributed by atoms with Crippen LogP contribution in [0.4, 0.5) is 5.95 Å². The lowest BCUT2D eigenvalue weighted by molar-refractivity contribution is 0.145. The molecule has 2 aliphatic rings. The van der Waals surface area contributed by atoms with E-state index in [-0.39, 0.29) is 6.10 Å². The fourth-order valence-electron chi connectivity index (χ4n) is 3.78. The van der Waals surface area contributed by atoms with E-state index >= 15 is 0 Å². The number of hydrogen-bond acceptors (Lipinski definition) is 8. The van der Waals surface area contributed by atoms with Crippen LogP contribution < -0.4 is 14.4 Å². The predicted molar refractivity (Wildman–Crippen MR) is 123 cm³/mol. The maximum atomic E-state index is 11.3. The molecular weight excluding hydrogens is 430 g/mol. The van der Waals surface area contributed by atoms with Crippen LogP contribution in [0, 0.1) is 0 Å². The first-order chi connectivity index (χ1) is 15.3. The second-order valence-electron chi connectivity index (χ2n) is 8.26. The highest BCUT2D eigenvalue weighted by atomic mass is 32.2. The number of methoxy groups -OCH3 is 1. The predicted octanol–water partition coefficient (Wildman–Crippen LogP) is 3.25. The molecule has 1 N–H and O–H groups in total. The molecule has 1 saturated heterocycles. The molecule has 0 spiro atoms. The lowest BCUT2D eigenvalue weighted by Gasteiger charge is -2.29. The Hall–Kier alpha value is -2.39. The van der Waals surface area contributed by atoms with Gasteiger partial charge in [0.15, 0.2) is 15.6 Å². The fourth-order valence-corrected chi connectivity index (χ4v) is 4.42. The molecule has 32 heavy (non-hydrogen) atoms. The molecular formula is C23H33N3O5S. The van der Waals surface area contributed by atoms with Gasteiger partial charge < -0.3 is 19.5 Å². The number of anilines is 1. The average molecular weight is 464 g/mol. The summed E-state index contributed by atoms with van der Waals surface area (Å²) >= 11 is 0. The highest BCUT2D eigenvalue weighted by molar-refractivity contribution is 7.90. The van der Waals surface area contributed by atoms with Crippen LogP contribution >= 0.6 is 0 Å². The molecule has 1 aliphatic heterocycles. The third kappa shape index (κ3) is 7.34. The van der Waals surface area contributed by atoms with E-state index < -0.39 is 9.84 Å². The number of rotatable bonds is 5. The van der Waals surface area contributed by atoms with Gasteiger partial charge in [0.1, 0.15) is 5.75 Å². The van der Waals surface area contributed by atoms with Gasteiger partial charge in [0.05, 0.1) is 36.6 Å². The Labute approximate surface area is 190 Å². The first-order valence-corrected chi connectivity index (χ1v) is 13.0. The number of aliphatic hydroxyl groups is 1. The second kappa shape index (κ2) is 11.5. The standard InChI is InChI=1S/C13H18O3S.C10H15N3O2/c1-17(14,15)13-9-7-12(8-10-13)16-11-5-3-2-4-6-11;1-15-9-6-11-10(12-7-9)13-4-2-8(14)3-5-13/h7-11H,2-6H2,1H3;6-8,14H,2-5H2,1H3. The Morgan fingerprint density at radius 2 is 1.53 bits per heavy atom. The van der Waals surface area contributed by atoms with Crippen molar-refractivity contribution in [3.63, 3.8) is 0 Å². The minimum atomic E-state index is -3.11. The number of aromatic nitrogens is 2. The van der Waals surface area contributed by atoms with Crippen LogP contribution in [0.15, 0.2) is 41.6 Å². The fraction of sp³-hybridized carbons (Fsp3) is 0.565. The zero-order valence-electron chi connectivity index (χ0n) is 18.8. The minimum absolute atomic E-state index is 0.167. The van der Waals surface area contributed by atoms with E-state index in [1.165, 1.54) is 25.5 Å².